The number of nitro benzene ring substituents is 2. The number of fused-ring (bicyclic) bond motifs is 1. The molecule has 1 aromatic heterocycles. The van der Waals surface area contributed by atoms with E-state index in [4.69, 9.17) is 4.42 Å². The summed E-state index contributed by atoms with van der Waals surface area (Å²) in [6.45, 7) is 4.00. The summed E-state index contributed by atoms with van der Waals surface area (Å²) in [4.78, 5) is 32.6. The van der Waals surface area contributed by atoms with Crippen LogP contribution >= 0.6 is 0 Å². The Morgan fingerprint density at radius 2 is 1.52 bits per heavy atom. The molecule has 0 radical (unpaired) electrons. The average molecular weight is 342 g/mol. The van der Waals surface area contributed by atoms with E-state index >= 15 is 0 Å². The van der Waals surface area contributed by atoms with Crippen LogP contribution in [0.5, 0.6) is 0 Å². The fourth-order valence-electron chi connectivity index (χ4n) is 2.17. The summed E-state index contributed by atoms with van der Waals surface area (Å²) in [6, 6.07) is 10.5. The zero-order valence-corrected chi connectivity index (χ0v) is 13.5. The van der Waals surface area contributed by atoms with Crippen LogP contribution in [-0.2, 0) is 0 Å². The second-order valence-corrected chi connectivity index (χ2v) is 4.72. The Morgan fingerprint density at radius 3 is 2.16 bits per heavy atom. The second kappa shape index (κ2) is 7.35. The van der Waals surface area contributed by atoms with Gasteiger partial charge in [0.1, 0.15) is 11.3 Å². The average Bonchev–Trinajstić information content (AvgIpc) is 2.63. The minimum Gasteiger partial charge on any atom is -0.456 e. The molecule has 2 aromatic carbocycles. The van der Waals surface area contributed by atoms with Crippen LogP contribution in [0.1, 0.15) is 13.8 Å². The number of non-ortho nitro benzene ring substituents is 2. The van der Waals surface area contributed by atoms with Gasteiger partial charge in [0.25, 0.3) is 11.4 Å². The van der Waals surface area contributed by atoms with Gasteiger partial charge in [-0.3, -0.25) is 25.0 Å². The topological polar surface area (TPSA) is 116 Å². The quantitative estimate of drug-likeness (QED) is 0.517. The third-order valence-electron chi connectivity index (χ3n) is 3.26. The van der Waals surface area contributed by atoms with E-state index in [-0.39, 0.29) is 28.1 Å². The first-order valence-electron chi connectivity index (χ1n) is 7.43. The molecule has 0 atom stereocenters. The van der Waals surface area contributed by atoms with Crippen molar-refractivity contribution in [2.75, 3.05) is 0 Å². The maximum atomic E-state index is 12.2. The Balaban J connectivity index is 0.00000109. The second-order valence-electron chi connectivity index (χ2n) is 4.72. The standard InChI is InChI=1S/C15H8N2O6.C2H6/c18-13-8-15(9-2-1-3-10(6-9)16(19)20)23-14-5-4-11(17(21)22)7-12(13)14;1-2/h1-8H;1-2H3. The van der Waals surface area contributed by atoms with Crippen LogP contribution in [0.2, 0.25) is 0 Å². The molecule has 0 unspecified atom stereocenters. The van der Waals surface area contributed by atoms with Gasteiger partial charge in [-0.15, -0.1) is 0 Å². The molecular weight excluding hydrogens is 328 g/mol. The largest absolute Gasteiger partial charge is 0.456 e. The van der Waals surface area contributed by atoms with Crippen molar-refractivity contribution in [3.8, 4) is 11.3 Å². The summed E-state index contributed by atoms with van der Waals surface area (Å²) in [5, 5.41) is 21.6. The minimum absolute atomic E-state index is 0.0772. The van der Waals surface area contributed by atoms with E-state index < -0.39 is 15.3 Å². The molecule has 8 nitrogen and oxygen atoms in total. The van der Waals surface area contributed by atoms with E-state index in [0.717, 1.165) is 12.1 Å². The smallest absolute Gasteiger partial charge is 0.270 e. The molecule has 0 amide bonds. The van der Waals surface area contributed by atoms with Crippen molar-refractivity contribution < 1.29 is 14.3 Å². The van der Waals surface area contributed by atoms with Crippen molar-refractivity contribution in [2.45, 2.75) is 13.8 Å². The highest BCUT2D eigenvalue weighted by Gasteiger charge is 2.13. The first-order valence-corrected chi connectivity index (χ1v) is 7.43. The maximum absolute atomic E-state index is 12.2. The molecule has 0 saturated carbocycles. The number of hydrogen-bond acceptors (Lipinski definition) is 6. The molecule has 3 rings (SSSR count). The zero-order valence-electron chi connectivity index (χ0n) is 13.5. The molecule has 3 aromatic rings. The van der Waals surface area contributed by atoms with E-state index in [0.29, 0.717) is 5.56 Å². The van der Waals surface area contributed by atoms with Crippen LogP contribution < -0.4 is 5.43 Å². The SMILES string of the molecule is CC.O=c1cc(-c2cccc([N+](=O)[O-])c2)oc2ccc([N+](=O)[O-])cc12. The molecule has 8 heteroatoms. The molecular formula is C17H14N2O6. The van der Waals surface area contributed by atoms with E-state index in [1.807, 2.05) is 13.8 Å². The van der Waals surface area contributed by atoms with Gasteiger partial charge in [0, 0.05) is 35.9 Å². The van der Waals surface area contributed by atoms with Crippen LogP contribution in [0.25, 0.3) is 22.3 Å². The first-order chi connectivity index (χ1) is 12.0. The molecule has 0 bridgehead atoms. The van der Waals surface area contributed by atoms with Crippen molar-refractivity contribution >= 4 is 22.3 Å². The van der Waals surface area contributed by atoms with Crippen LogP contribution in [-0.4, -0.2) is 9.85 Å². The van der Waals surface area contributed by atoms with E-state index in [1.165, 1.54) is 30.3 Å². The molecule has 0 aliphatic carbocycles. The highest BCUT2D eigenvalue weighted by Crippen LogP contribution is 2.26. The van der Waals surface area contributed by atoms with Gasteiger partial charge in [-0.25, -0.2) is 0 Å². The van der Waals surface area contributed by atoms with Crippen LogP contribution in [0.15, 0.2) is 57.7 Å². The lowest BCUT2D eigenvalue weighted by Gasteiger charge is -2.03. The third kappa shape index (κ3) is 3.69. The maximum Gasteiger partial charge on any atom is 0.270 e. The van der Waals surface area contributed by atoms with Gasteiger partial charge in [0.05, 0.1) is 15.2 Å². The van der Waals surface area contributed by atoms with Crippen LogP contribution in [0.4, 0.5) is 11.4 Å². The Hall–Kier alpha value is -3.55. The molecule has 0 N–H and O–H groups in total. The summed E-state index contributed by atoms with van der Waals surface area (Å²) >= 11 is 0. The summed E-state index contributed by atoms with van der Waals surface area (Å²) in [5.41, 5.74) is -0.264. The summed E-state index contributed by atoms with van der Waals surface area (Å²) in [7, 11) is 0. The highest BCUT2D eigenvalue weighted by atomic mass is 16.6. The number of nitrogens with zero attached hydrogens (tertiary/aromatic N) is 2. The lowest BCUT2D eigenvalue weighted by molar-refractivity contribution is -0.384. The fraction of sp³-hybridized carbons (Fsp3) is 0.118. The number of nitro groups is 2. The zero-order chi connectivity index (χ0) is 18.6. The van der Waals surface area contributed by atoms with Gasteiger partial charge in [-0.05, 0) is 6.07 Å². The van der Waals surface area contributed by atoms with Crippen molar-refractivity contribution in [1.29, 1.82) is 0 Å². The normalized spacial score (nSPS) is 10.0. The molecule has 0 saturated heterocycles. The van der Waals surface area contributed by atoms with Gasteiger partial charge in [-0.2, -0.15) is 0 Å². The van der Waals surface area contributed by atoms with Crippen molar-refractivity contribution in [2.24, 2.45) is 0 Å². The first kappa shape index (κ1) is 17.8. The Labute approximate surface area is 141 Å². The van der Waals surface area contributed by atoms with Crippen molar-refractivity contribution in [1.82, 2.24) is 0 Å². The third-order valence-corrected chi connectivity index (χ3v) is 3.26. The number of rotatable bonds is 3. The van der Waals surface area contributed by atoms with Gasteiger partial charge in [0.2, 0.25) is 0 Å². The van der Waals surface area contributed by atoms with E-state index in [2.05, 4.69) is 0 Å². The molecule has 0 spiro atoms. The highest BCUT2D eigenvalue weighted by molar-refractivity contribution is 5.81. The number of benzene rings is 2. The molecule has 25 heavy (non-hydrogen) atoms. The molecule has 0 aliphatic rings. The lowest BCUT2D eigenvalue weighted by Crippen LogP contribution is -2.01. The Bertz CT molecular complexity index is 1010. The predicted octanol–water partition coefficient (Wildman–Crippen LogP) is 4.30. The van der Waals surface area contributed by atoms with Crippen molar-refractivity contribution in [3.05, 3.63) is 79.0 Å². The minimum atomic E-state index is -0.604. The summed E-state index contributed by atoms with van der Waals surface area (Å²) in [5.74, 6) is 0.153. The van der Waals surface area contributed by atoms with E-state index in [9.17, 15) is 25.0 Å². The molecule has 1 heterocycles. The summed E-state index contributed by atoms with van der Waals surface area (Å²) in [6.07, 6.45) is 0. The molecule has 128 valence electrons. The van der Waals surface area contributed by atoms with Gasteiger partial charge in [-0.1, -0.05) is 26.0 Å². The fourth-order valence-corrected chi connectivity index (χ4v) is 2.17. The Morgan fingerprint density at radius 1 is 0.880 bits per heavy atom. The predicted molar refractivity (Wildman–Crippen MR) is 92.6 cm³/mol. The molecule has 0 aliphatic heterocycles. The van der Waals surface area contributed by atoms with Gasteiger partial charge >= 0.3 is 0 Å². The Kier molecular flexibility index (Phi) is 5.23. The lowest BCUT2D eigenvalue weighted by atomic mass is 10.1. The molecule has 0 fully saturated rings. The van der Waals surface area contributed by atoms with E-state index in [1.54, 1.807) is 6.07 Å². The number of hydrogen-bond donors (Lipinski definition) is 0. The van der Waals surface area contributed by atoms with Gasteiger partial charge < -0.3 is 4.42 Å². The van der Waals surface area contributed by atoms with Crippen LogP contribution in [0, 0.1) is 20.2 Å². The van der Waals surface area contributed by atoms with Gasteiger partial charge in [0.15, 0.2) is 5.43 Å². The summed E-state index contributed by atoms with van der Waals surface area (Å²) < 4.78 is 5.55. The van der Waals surface area contributed by atoms with Crippen molar-refractivity contribution in [3.63, 3.8) is 0 Å². The monoisotopic (exact) mass is 342 g/mol. The van der Waals surface area contributed by atoms with Crippen LogP contribution in [0.3, 0.4) is 0 Å².